The number of hydrogen-bond acceptors (Lipinski definition) is 5. The van der Waals surface area contributed by atoms with Crippen molar-refractivity contribution < 1.29 is 14.8 Å². The van der Waals surface area contributed by atoms with Crippen LogP contribution in [0.4, 0.5) is 0 Å². The highest BCUT2D eigenvalue weighted by atomic mass is 16.5. The Hall–Kier alpha value is -2.02. The van der Waals surface area contributed by atoms with E-state index >= 15 is 0 Å². The first-order chi connectivity index (χ1) is 13.4. The van der Waals surface area contributed by atoms with Crippen molar-refractivity contribution in [3.63, 3.8) is 0 Å². The van der Waals surface area contributed by atoms with Crippen molar-refractivity contribution in [3.05, 3.63) is 42.0 Å². The summed E-state index contributed by atoms with van der Waals surface area (Å²) >= 11 is 0. The second-order valence-corrected chi connectivity index (χ2v) is 9.09. The molecule has 28 heavy (non-hydrogen) atoms. The van der Waals surface area contributed by atoms with Crippen LogP contribution in [-0.2, 0) is 9.59 Å². The lowest BCUT2D eigenvalue weighted by atomic mass is 9.68. The number of rotatable bonds is 4. The number of Topliss-reactive ketones (excluding diaryl/α,β-unsaturated/α-hetero) is 1. The molecular formula is C22H29N3O3. The molecule has 6 heteroatoms. The summed E-state index contributed by atoms with van der Waals surface area (Å²) in [4.78, 5) is 25.9. The monoisotopic (exact) mass is 383 g/mol. The van der Waals surface area contributed by atoms with E-state index in [9.17, 15) is 14.8 Å². The Bertz CT molecular complexity index is 799. The Morgan fingerprint density at radius 1 is 1.14 bits per heavy atom. The first kappa shape index (κ1) is 19.3. The fraction of sp³-hybridized carbons (Fsp3) is 0.545. The summed E-state index contributed by atoms with van der Waals surface area (Å²) in [5.74, 6) is -1.02. The minimum atomic E-state index is -0.592. The summed E-state index contributed by atoms with van der Waals surface area (Å²) in [6.45, 7) is 5.52. The number of ketones is 1. The summed E-state index contributed by atoms with van der Waals surface area (Å²) in [5.41, 5.74) is 3.74. The molecule has 1 aliphatic carbocycles. The van der Waals surface area contributed by atoms with Crippen molar-refractivity contribution >= 4 is 17.3 Å². The van der Waals surface area contributed by atoms with Crippen molar-refractivity contribution in [3.8, 4) is 0 Å². The highest BCUT2D eigenvalue weighted by Crippen LogP contribution is 2.53. The minimum Gasteiger partial charge on any atom is -0.306 e. The molecule has 2 heterocycles. The third-order valence-corrected chi connectivity index (χ3v) is 6.88. The third kappa shape index (κ3) is 3.30. The topological polar surface area (TPSA) is 90.5 Å². The predicted molar refractivity (Wildman–Crippen MR) is 106 cm³/mol. The minimum absolute atomic E-state index is 0.00405. The average Bonchev–Trinajstić information content (AvgIpc) is 3.45. The van der Waals surface area contributed by atoms with Crippen LogP contribution in [0.15, 0.2) is 36.4 Å². The number of hydrogen-bond donors (Lipinski definition) is 4. The van der Waals surface area contributed by atoms with E-state index in [0.717, 1.165) is 30.5 Å². The Labute approximate surface area is 165 Å². The van der Waals surface area contributed by atoms with Crippen molar-refractivity contribution in [1.29, 1.82) is 0 Å². The first-order valence-corrected chi connectivity index (χ1v) is 10.1. The van der Waals surface area contributed by atoms with Gasteiger partial charge in [-0.05, 0) is 35.8 Å². The van der Waals surface area contributed by atoms with Gasteiger partial charge >= 0.3 is 0 Å². The molecule has 6 nitrogen and oxygen atoms in total. The lowest BCUT2D eigenvalue weighted by Gasteiger charge is -2.44. The SMILES string of the molecule is CC1(C)C(c2ccccc2)=CCNC1C(=O)C1NCC2(CC2)CC1C(=O)NO. The van der Waals surface area contributed by atoms with E-state index in [-0.39, 0.29) is 11.2 Å². The van der Waals surface area contributed by atoms with Crippen molar-refractivity contribution in [1.82, 2.24) is 16.1 Å². The smallest absolute Gasteiger partial charge is 0.248 e. The van der Waals surface area contributed by atoms with Crippen molar-refractivity contribution in [2.75, 3.05) is 13.1 Å². The van der Waals surface area contributed by atoms with Gasteiger partial charge < -0.3 is 10.6 Å². The Balaban J connectivity index is 1.60. The van der Waals surface area contributed by atoms with Gasteiger partial charge in [-0.1, -0.05) is 50.3 Å². The van der Waals surface area contributed by atoms with Crippen LogP contribution < -0.4 is 16.1 Å². The van der Waals surface area contributed by atoms with E-state index in [4.69, 9.17) is 0 Å². The van der Waals surface area contributed by atoms with Gasteiger partial charge in [-0.25, -0.2) is 5.48 Å². The molecule has 1 spiro atoms. The fourth-order valence-electron chi connectivity index (χ4n) is 5.00. The summed E-state index contributed by atoms with van der Waals surface area (Å²) in [5, 5.41) is 15.9. The quantitative estimate of drug-likeness (QED) is 0.471. The zero-order valence-corrected chi connectivity index (χ0v) is 16.5. The van der Waals surface area contributed by atoms with Gasteiger partial charge in [0.2, 0.25) is 5.91 Å². The summed E-state index contributed by atoms with van der Waals surface area (Å²) in [7, 11) is 0. The van der Waals surface area contributed by atoms with Crippen LogP contribution in [0.5, 0.6) is 0 Å². The van der Waals surface area contributed by atoms with Gasteiger partial charge in [-0.15, -0.1) is 0 Å². The van der Waals surface area contributed by atoms with Crippen LogP contribution in [0.25, 0.3) is 5.57 Å². The van der Waals surface area contributed by atoms with Gasteiger partial charge in [0.25, 0.3) is 0 Å². The Morgan fingerprint density at radius 3 is 2.50 bits per heavy atom. The molecule has 1 saturated heterocycles. The normalized spacial score (nSPS) is 30.4. The van der Waals surface area contributed by atoms with Crippen LogP contribution in [0.1, 0.15) is 38.7 Å². The van der Waals surface area contributed by atoms with E-state index < -0.39 is 29.3 Å². The number of hydroxylamine groups is 1. The lowest BCUT2D eigenvalue weighted by Crippen LogP contribution is -2.62. The van der Waals surface area contributed by atoms with E-state index in [2.05, 4.69) is 42.7 Å². The maximum absolute atomic E-state index is 13.6. The molecule has 0 aromatic heterocycles. The molecule has 4 rings (SSSR count). The molecule has 2 fully saturated rings. The average molecular weight is 383 g/mol. The highest BCUT2D eigenvalue weighted by Gasteiger charge is 2.54. The largest absolute Gasteiger partial charge is 0.306 e. The van der Waals surface area contributed by atoms with Crippen LogP contribution in [-0.4, -0.2) is 42.1 Å². The van der Waals surface area contributed by atoms with E-state index in [1.54, 1.807) is 5.48 Å². The molecule has 3 aliphatic rings. The summed E-state index contributed by atoms with van der Waals surface area (Å²) < 4.78 is 0. The second kappa shape index (κ2) is 7.10. The Kier molecular flexibility index (Phi) is 4.89. The van der Waals surface area contributed by atoms with Gasteiger partial charge in [-0.3, -0.25) is 14.8 Å². The van der Waals surface area contributed by atoms with Gasteiger partial charge in [0.15, 0.2) is 5.78 Å². The number of amides is 1. The molecule has 150 valence electrons. The molecule has 1 aromatic rings. The van der Waals surface area contributed by atoms with E-state index in [0.29, 0.717) is 13.0 Å². The molecule has 0 bridgehead atoms. The fourth-order valence-corrected chi connectivity index (χ4v) is 5.00. The molecule has 1 saturated carbocycles. The molecule has 3 unspecified atom stereocenters. The molecular weight excluding hydrogens is 354 g/mol. The lowest BCUT2D eigenvalue weighted by molar-refractivity contribution is -0.141. The summed E-state index contributed by atoms with van der Waals surface area (Å²) in [6.07, 6.45) is 4.94. The predicted octanol–water partition coefficient (Wildman–Crippen LogP) is 1.90. The van der Waals surface area contributed by atoms with Crippen molar-refractivity contribution in [2.24, 2.45) is 16.7 Å². The van der Waals surface area contributed by atoms with Gasteiger partial charge in [0, 0.05) is 18.5 Å². The highest BCUT2D eigenvalue weighted by molar-refractivity contribution is 5.97. The van der Waals surface area contributed by atoms with Gasteiger partial charge in [0.1, 0.15) is 0 Å². The molecule has 4 N–H and O–H groups in total. The van der Waals surface area contributed by atoms with Crippen LogP contribution in [0.2, 0.25) is 0 Å². The first-order valence-electron chi connectivity index (χ1n) is 10.1. The number of carbonyl (C=O) groups is 2. The van der Waals surface area contributed by atoms with Crippen LogP contribution in [0.3, 0.4) is 0 Å². The van der Waals surface area contributed by atoms with Gasteiger partial charge in [0.05, 0.1) is 18.0 Å². The summed E-state index contributed by atoms with van der Waals surface area (Å²) in [6, 6.07) is 9.13. The number of piperidine rings is 1. The number of carbonyl (C=O) groups excluding carboxylic acids is 2. The number of nitrogens with one attached hydrogen (secondary N) is 3. The maximum atomic E-state index is 13.6. The zero-order chi connectivity index (χ0) is 19.9. The maximum Gasteiger partial charge on any atom is 0.248 e. The molecule has 1 amide bonds. The van der Waals surface area contributed by atoms with Gasteiger partial charge in [-0.2, -0.15) is 0 Å². The number of benzene rings is 1. The zero-order valence-electron chi connectivity index (χ0n) is 16.5. The standard InChI is InChI=1S/C22H29N3O3/c1-21(2)16(14-6-4-3-5-7-14)8-11-23-19(21)18(26)17-15(20(27)25-28)12-22(9-10-22)13-24-17/h3-8,15,17,19,23-24,28H,9-13H2,1-2H3,(H,25,27). The molecule has 1 aromatic carbocycles. The Morgan fingerprint density at radius 2 is 1.86 bits per heavy atom. The van der Waals surface area contributed by atoms with Crippen molar-refractivity contribution in [2.45, 2.75) is 45.2 Å². The van der Waals surface area contributed by atoms with E-state index in [1.807, 2.05) is 18.2 Å². The second-order valence-electron chi connectivity index (χ2n) is 9.09. The third-order valence-electron chi connectivity index (χ3n) is 6.88. The van der Waals surface area contributed by atoms with Crippen LogP contribution in [0, 0.1) is 16.7 Å². The molecule has 0 radical (unpaired) electrons. The van der Waals surface area contributed by atoms with Crippen LogP contribution >= 0.6 is 0 Å². The molecule has 2 aliphatic heterocycles. The van der Waals surface area contributed by atoms with E-state index in [1.165, 1.54) is 0 Å². The molecule has 3 atom stereocenters.